The Morgan fingerprint density at radius 2 is 1.87 bits per heavy atom. The first-order valence-electron chi connectivity index (χ1n) is 10.1. The van der Waals surface area contributed by atoms with E-state index in [4.69, 9.17) is 10.1 Å². The zero-order valence-corrected chi connectivity index (χ0v) is 17.9. The van der Waals surface area contributed by atoms with Gasteiger partial charge in [-0.2, -0.15) is 5.10 Å². The van der Waals surface area contributed by atoms with E-state index in [1.165, 1.54) is 22.3 Å². The number of hydrogen-bond donors (Lipinski definition) is 0. The molecule has 1 aliphatic rings. The Labute approximate surface area is 179 Å². The van der Waals surface area contributed by atoms with Gasteiger partial charge in [0, 0.05) is 22.7 Å². The van der Waals surface area contributed by atoms with Crippen LogP contribution in [0.15, 0.2) is 82.5 Å². The van der Waals surface area contributed by atoms with Crippen LogP contribution in [0.5, 0.6) is 0 Å². The molecule has 0 bridgehead atoms. The van der Waals surface area contributed by atoms with Gasteiger partial charge in [0.25, 0.3) is 0 Å². The van der Waals surface area contributed by atoms with Gasteiger partial charge in [0.05, 0.1) is 23.3 Å². The summed E-state index contributed by atoms with van der Waals surface area (Å²) in [5.74, 6) is 0. The molecule has 0 fully saturated rings. The third kappa shape index (κ3) is 3.53. The van der Waals surface area contributed by atoms with Gasteiger partial charge >= 0.3 is 0 Å². The highest BCUT2D eigenvalue weighted by Crippen LogP contribution is 2.26. The monoisotopic (exact) mass is 410 g/mol. The number of rotatable bonds is 3. The van der Waals surface area contributed by atoms with E-state index in [1.807, 2.05) is 16.8 Å². The van der Waals surface area contributed by atoms with Crippen molar-refractivity contribution in [2.24, 2.45) is 10.1 Å². The third-order valence-corrected chi connectivity index (χ3v) is 6.35. The second-order valence-electron chi connectivity index (χ2n) is 7.54. The lowest BCUT2D eigenvalue weighted by atomic mass is 10.1. The molecular formula is C25H22N4S. The molecule has 2 aromatic heterocycles. The van der Waals surface area contributed by atoms with Gasteiger partial charge < -0.3 is 0 Å². The molecule has 0 spiro atoms. The summed E-state index contributed by atoms with van der Waals surface area (Å²) in [6.07, 6.45) is 5.52. The predicted octanol–water partition coefficient (Wildman–Crippen LogP) is 5.66. The van der Waals surface area contributed by atoms with Gasteiger partial charge in [-0.25, -0.2) is 9.67 Å². The molecule has 0 unspecified atom stereocenters. The van der Waals surface area contributed by atoms with E-state index in [1.54, 1.807) is 23.7 Å². The van der Waals surface area contributed by atoms with Crippen LogP contribution in [0.2, 0.25) is 0 Å². The van der Waals surface area contributed by atoms with Gasteiger partial charge in [-0.3, -0.25) is 4.98 Å². The molecule has 4 aromatic rings. The summed E-state index contributed by atoms with van der Waals surface area (Å²) < 4.78 is 2.00. The molecule has 0 radical (unpaired) electrons. The average Bonchev–Trinajstić information content (AvgIpc) is 3.36. The molecule has 30 heavy (non-hydrogen) atoms. The SMILES string of the molecule is Cc1ccc(-c2csc(=Nc3cccnc3)n2N=C2CCc3ccccc32)cc1C. The lowest BCUT2D eigenvalue weighted by Gasteiger charge is -2.08. The van der Waals surface area contributed by atoms with Crippen LogP contribution in [0.1, 0.15) is 28.7 Å². The third-order valence-electron chi connectivity index (χ3n) is 5.54. The first-order chi connectivity index (χ1) is 14.7. The number of nitrogens with zero attached hydrogens (tertiary/aromatic N) is 4. The number of aromatic nitrogens is 2. The fourth-order valence-corrected chi connectivity index (χ4v) is 4.59. The summed E-state index contributed by atoms with van der Waals surface area (Å²) in [5, 5.41) is 7.26. The zero-order chi connectivity index (χ0) is 20.5. The van der Waals surface area contributed by atoms with Gasteiger partial charge in [0.2, 0.25) is 4.80 Å². The van der Waals surface area contributed by atoms with Gasteiger partial charge in [0.1, 0.15) is 0 Å². The number of benzene rings is 2. The normalized spacial score (nSPS) is 15.0. The van der Waals surface area contributed by atoms with Gasteiger partial charge in [-0.1, -0.05) is 36.4 Å². The number of pyridine rings is 1. The van der Waals surface area contributed by atoms with Crippen molar-refractivity contribution in [2.45, 2.75) is 26.7 Å². The van der Waals surface area contributed by atoms with E-state index in [0.717, 1.165) is 40.3 Å². The highest BCUT2D eigenvalue weighted by Gasteiger charge is 2.18. The Bertz CT molecular complexity index is 1310. The Morgan fingerprint density at radius 3 is 2.70 bits per heavy atom. The Morgan fingerprint density at radius 1 is 0.967 bits per heavy atom. The first kappa shape index (κ1) is 18.7. The lowest BCUT2D eigenvalue weighted by Crippen LogP contribution is -2.14. The molecule has 2 aromatic carbocycles. The van der Waals surface area contributed by atoms with Gasteiger partial charge in [-0.15, -0.1) is 11.3 Å². The topological polar surface area (TPSA) is 42.5 Å². The molecule has 1 aliphatic carbocycles. The van der Waals surface area contributed by atoms with Crippen molar-refractivity contribution in [3.05, 3.63) is 99.4 Å². The fraction of sp³-hybridized carbons (Fsp3) is 0.160. The van der Waals surface area contributed by atoms with Crippen molar-refractivity contribution in [1.82, 2.24) is 9.66 Å². The minimum absolute atomic E-state index is 0.826. The number of hydrogen-bond acceptors (Lipinski definition) is 4. The Kier molecular flexibility index (Phi) is 4.89. The summed E-state index contributed by atoms with van der Waals surface area (Å²) in [6.45, 7) is 4.29. The standard InChI is InChI=1S/C25H22N4S/c1-17-9-10-20(14-18(17)2)24-16-30-25(27-21-7-5-13-26-15-21)29(24)28-23-12-11-19-6-3-4-8-22(19)23/h3-10,13-16H,11-12H2,1-2H3. The van der Waals surface area contributed by atoms with E-state index in [9.17, 15) is 0 Å². The van der Waals surface area contributed by atoms with Crippen molar-refractivity contribution in [3.8, 4) is 11.3 Å². The average molecular weight is 411 g/mol. The van der Waals surface area contributed by atoms with Crippen LogP contribution in [-0.4, -0.2) is 15.4 Å². The van der Waals surface area contributed by atoms with Gasteiger partial charge in [-0.05, 0) is 61.6 Å². The highest BCUT2D eigenvalue weighted by molar-refractivity contribution is 7.07. The lowest BCUT2D eigenvalue weighted by molar-refractivity contribution is 0.842. The predicted molar refractivity (Wildman–Crippen MR) is 123 cm³/mol. The van der Waals surface area contributed by atoms with Crippen LogP contribution in [0, 0.1) is 13.8 Å². The highest BCUT2D eigenvalue weighted by atomic mass is 32.1. The van der Waals surface area contributed by atoms with Crippen LogP contribution in [0.25, 0.3) is 11.3 Å². The molecule has 5 rings (SSSR count). The fourth-order valence-electron chi connectivity index (χ4n) is 3.74. The quantitative estimate of drug-likeness (QED) is 0.430. The molecule has 0 saturated carbocycles. The number of fused-ring (bicyclic) bond motifs is 1. The molecule has 0 amide bonds. The summed E-state index contributed by atoms with van der Waals surface area (Å²) in [5.41, 5.74) is 9.32. The van der Waals surface area contributed by atoms with Crippen molar-refractivity contribution in [2.75, 3.05) is 0 Å². The molecule has 4 nitrogen and oxygen atoms in total. The first-order valence-corrected chi connectivity index (χ1v) is 11.0. The molecular weight excluding hydrogens is 388 g/mol. The largest absolute Gasteiger partial charge is 0.262 e. The van der Waals surface area contributed by atoms with Crippen molar-refractivity contribution in [3.63, 3.8) is 0 Å². The number of aryl methyl sites for hydroxylation is 3. The maximum atomic E-state index is 5.11. The number of thiazole rings is 1. The van der Waals surface area contributed by atoms with Crippen LogP contribution >= 0.6 is 11.3 Å². The smallest absolute Gasteiger partial charge is 0.211 e. The van der Waals surface area contributed by atoms with E-state index < -0.39 is 0 Å². The minimum Gasteiger partial charge on any atom is -0.262 e. The van der Waals surface area contributed by atoms with Crippen LogP contribution in [0.3, 0.4) is 0 Å². The molecule has 0 aliphatic heterocycles. The second kappa shape index (κ2) is 7.84. The molecule has 0 saturated heterocycles. The molecule has 148 valence electrons. The van der Waals surface area contributed by atoms with Crippen LogP contribution in [-0.2, 0) is 6.42 Å². The van der Waals surface area contributed by atoms with E-state index in [-0.39, 0.29) is 0 Å². The van der Waals surface area contributed by atoms with Crippen LogP contribution < -0.4 is 4.80 Å². The molecule has 5 heteroatoms. The molecule has 0 N–H and O–H groups in total. The molecule has 0 atom stereocenters. The van der Waals surface area contributed by atoms with Crippen molar-refractivity contribution < 1.29 is 0 Å². The Hall–Kier alpha value is -3.31. The van der Waals surface area contributed by atoms with E-state index in [2.05, 4.69) is 66.7 Å². The minimum atomic E-state index is 0.826. The Balaban J connectivity index is 1.71. The summed E-state index contributed by atoms with van der Waals surface area (Å²) in [4.78, 5) is 9.87. The van der Waals surface area contributed by atoms with Crippen molar-refractivity contribution in [1.29, 1.82) is 0 Å². The summed E-state index contributed by atoms with van der Waals surface area (Å²) in [6, 6.07) is 19.0. The van der Waals surface area contributed by atoms with E-state index in [0.29, 0.717) is 0 Å². The summed E-state index contributed by atoms with van der Waals surface area (Å²) >= 11 is 1.60. The maximum Gasteiger partial charge on any atom is 0.211 e. The maximum absolute atomic E-state index is 5.11. The van der Waals surface area contributed by atoms with Crippen LogP contribution in [0.4, 0.5) is 5.69 Å². The molecule has 2 heterocycles. The van der Waals surface area contributed by atoms with Gasteiger partial charge in [0.15, 0.2) is 0 Å². The summed E-state index contributed by atoms with van der Waals surface area (Å²) in [7, 11) is 0. The van der Waals surface area contributed by atoms with E-state index >= 15 is 0 Å². The second-order valence-corrected chi connectivity index (χ2v) is 8.38. The zero-order valence-electron chi connectivity index (χ0n) is 17.0. The van der Waals surface area contributed by atoms with Crippen molar-refractivity contribution >= 4 is 22.7 Å².